The minimum Gasteiger partial charge on any atom is -0.450 e. The Hall–Kier alpha value is -0.250. The number of halogens is 1. The third kappa shape index (κ3) is 4.50. The third-order valence-electron chi connectivity index (χ3n) is 2.19. The van der Waals surface area contributed by atoms with Crippen LogP contribution in [0.25, 0.3) is 0 Å². The largest absolute Gasteiger partial charge is 0.450 e. The zero-order valence-corrected chi connectivity index (χ0v) is 9.31. The van der Waals surface area contributed by atoms with E-state index in [1.807, 2.05) is 0 Å². The Morgan fingerprint density at radius 1 is 1.46 bits per heavy atom. The summed E-state index contributed by atoms with van der Waals surface area (Å²) in [6.45, 7) is 0.504. The van der Waals surface area contributed by atoms with E-state index in [2.05, 4.69) is 21.2 Å². The SMILES string of the molecule is O=C(NC1CCCC1)OCCCBr. The highest BCUT2D eigenvalue weighted by Crippen LogP contribution is 2.17. The molecular weight excluding hydrogens is 234 g/mol. The minimum absolute atomic E-state index is 0.257. The van der Waals surface area contributed by atoms with Gasteiger partial charge in [-0.1, -0.05) is 28.8 Å². The number of alkyl carbamates (subject to hydrolysis) is 1. The summed E-state index contributed by atoms with van der Waals surface area (Å²) >= 11 is 3.28. The zero-order valence-electron chi connectivity index (χ0n) is 7.72. The van der Waals surface area contributed by atoms with Gasteiger partial charge in [0.05, 0.1) is 6.61 Å². The highest BCUT2D eigenvalue weighted by atomic mass is 79.9. The van der Waals surface area contributed by atoms with E-state index in [4.69, 9.17) is 4.74 Å². The molecule has 0 aromatic rings. The van der Waals surface area contributed by atoms with E-state index in [0.29, 0.717) is 12.6 Å². The summed E-state index contributed by atoms with van der Waals surface area (Å²) < 4.78 is 4.96. The number of hydrogen-bond acceptors (Lipinski definition) is 2. The number of nitrogens with one attached hydrogen (secondary N) is 1. The Kier molecular flexibility index (Phi) is 5.20. The lowest BCUT2D eigenvalue weighted by Gasteiger charge is -2.11. The third-order valence-corrected chi connectivity index (χ3v) is 2.75. The van der Waals surface area contributed by atoms with Gasteiger partial charge in [-0.15, -0.1) is 0 Å². The Morgan fingerprint density at radius 3 is 2.77 bits per heavy atom. The van der Waals surface area contributed by atoms with Gasteiger partial charge in [-0.3, -0.25) is 0 Å². The zero-order chi connectivity index (χ0) is 9.52. The van der Waals surface area contributed by atoms with Gasteiger partial charge in [0.25, 0.3) is 0 Å². The van der Waals surface area contributed by atoms with E-state index in [0.717, 1.165) is 24.6 Å². The van der Waals surface area contributed by atoms with E-state index >= 15 is 0 Å². The van der Waals surface area contributed by atoms with Crippen molar-refractivity contribution in [2.45, 2.75) is 38.1 Å². The second-order valence-corrected chi connectivity index (χ2v) is 4.10. The van der Waals surface area contributed by atoms with E-state index in [1.165, 1.54) is 12.8 Å². The Morgan fingerprint density at radius 2 is 2.15 bits per heavy atom. The van der Waals surface area contributed by atoms with Crippen molar-refractivity contribution in [3.05, 3.63) is 0 Å². The molecule has 0 aliphatic heterocycles. The van der Waals surface area contributed by atoms with Crippen molar-refractivity contribution in [1.82, 2.24) is 5.32 Å². The topological polar surface area (TPSA) is 38.3 Å². The smallest absolute Gasteiger partial charge is 0.407 e. The van der Waals surface area contributed by atoms with Crippen LogP contribution in [0.5, 0.6) is 0 Å². The molecule has 0 heterocycles. The fourth-order valence-corrected chi connectivity index (χ4v) is 1.73. The lowest BCUT2D eigenvalue weighted by atomic mass is 10.3. The summed E-state index contributed by atoms with van der Waals surface area (Å²) in [5, 5.41) is 3.74. The first-order valence-electron chi connectivity index (χ1n) is 4.82. The molecule has 1 aliphatic carbocycles. The molecule has 0 unspecified atom stereocenters. The second-order valence-electron chi connectivity index (χ2n) is 3.30. The number of carbonyl (C=O) groups is 1. The van der Waals surface area contributed by atoms with Crippen molar-refractivity contribution < 1.29 is 9.53 Å². The summed E-state index contributed by atoms with van der Waals surface area (Å²) in [6.07, 6.45) is 5.28. The maximum atomic E-state index is 11.1. The monoisotopic (exact) mass is 249 g/mol. The molecule has 13 heavy (non-hydrogen) atoms. The Bertz CT molecular complexity index is 158. The molecule has 1 saturated carbocycles. The summed E-state index contributed by atoms with van der Waals surface area (Å²) in [5.74, 6) is 0. The number of carbonyl (C=O) groups excluding carboxylic acids is 1. The molecule has 0 spiro atoms. The van der Waals surface area contributed by atoms with E-state index in [1.54, 1.807) is 0 Å². The van der Waals surface area contributed by atoms with Crippen LogP contribution in [0.4, 0.5) is 4.79 Å². The average molecular weight is 250 g/mol. The second kappa shape index (κ2) is 6.24. The molecule has 0 radical (unpaired) electrons. The molecule has 0 aromatic carbocycles. The quantitative estimate of drug-likeness (QED) is 0.614. The van der Waals surface area contributed by atoms with Crippen LogP contribution >= 0.6 is 15.9 Å². The molecule has 3 nitrogen and oxygen atoms in total. The van der Waals surface area contributed by atoms with Crippen LogP contribution in [0.2, 0.25) is 0 Å². The van der Waals surface area contributed by atoms with Crippen LogP contribution in [0.3, 0.4) is 0 Å². The average Bonchev–Trinajstić information content (AvgIpc) is 2.57. The van der Waals surface area contributed by atoms with Crippen molar-refractivity contribution in [1.29, 1.82) is 0 Å². The van der Waals surface area contributed by atoms with Crippen molar-refractivity contribution in [3.63, 3.8) is 0 Å². The summed E-state index contributed by atoms with van der Waals surface area (Å²) in [4.78, 5) is 11.1. The normalized spacial score (nSPS) is 17.3. The molecule has 0 saturated heterocycles. The number of alkyl halides is 1. The Labute approximate surface area is 87.3 Å². The fourth-order valence-electron chi connectivity index (χ4n) is 1.50. The predicted octanol–water partition coefficient (Wildman–Crippen LogP) is 2.44. The van der Waals surface area contributed by atoms with Crippen molar-refractivity contribution in [3.8, 4) is 0 Å². The molecule has 1 aliphatic rings. The molecule has 0 bridgehead atoms. The molecule has 1 fully saturated rings. The molecule has 4 heteroatoms. The standard InChI is InChI=1S/C9H16BrNO2/c10-6-3-7-13-9(12)11-8-4-1-2-5-8/h8H,1-7H2,(H,11,12). The molecule has 1 rings (SSSR count). The highest BCUT2D eigenvalue weighted by Gasteiger charge is 2.17. The molecule has 0 aromatic heterocycles. The van der Waals surface area contributed by atoms with Crippen LogP contribution in [-0.4, -0.2) is 24.1 Å². The van der Waals surface area contributed by atoms with E-state index < -0.39 is 0 Å². The van der Waals surface area contributed by atoms with Gasteiger partial charge in [0.1, 0.15) is 0 Å². The van der Waals surface area contributed by atoms with Gasteiger partial charge >= 0.3 is 6.09 Å². The first-order chi connectivity index (χ1) is 6.33. The van der Waals surface area contributed by atoms with Gasteiger partial charge in [0.2, 0.25) is 0 Å². The van der Waals surface area contributed by atoms with Crippen molar-refractivity contribution >= 4 is 22.0 Å². The van der Waals surface area contributed by atoms with E-state index in [-0.39, 0.29) is 6.09 Å². The highest BCUT2D eigenvalue weighted by molar-refractivity contribution is 9.09. The number of rotatable bonds is 4. The van der Waals surface area contributed by atoms with Gasteiger partial charge in [-0.25, -0.2) is 4.79 Å². The van der Waals surface area contributed by atoms with Crippen LogP contribution in [-0.2, 0) is 4.74 Å². The van der Waals surface area contributed by atoms with Crippen LogP contribution < -0.4 is 5.32 Å². The number of amides is 1. The maximum Gasteiger partial charge on any atom is 0.407 e. The Balaban J connectivity index is 2.02. The molecule has 0 atom stereocenters. The van der Waals surface area contributed by atoms with Gasteiger partial charge in [0, 0.05) is 11.4 Å². The lowest BCUT2D eigenvalue weighted by molar-refractivity contribution is 0.143. The molecule has 1 amide bonds. The lowest BCUT2D eigenvalue weighted by Crippen LogP contribution is -2.33. The molecule has 76 valence electrons. The molecule has 1 N–H and O–H groups in total. The molecular formula is C9H16BrNO2. The predicted molar refractivity (Wildman–Crippen MR) is 55.2 cm³/mol. The minimum atomic E-state index is -0.257. The van der Waals surface area contributed by atoms with Gasteiger partial charge < -0.3 is 10.1 Å². The number of hydrogen-bond donors (Lipinski definition) is 1. The fraction of sp³-hybridized carbons (Fsp3) is 0.889. The number of ether oxygens (including phenoxy) is 1. The van der Waals surface area contributed by atoms with Gasteiger partial charge in [0.15, 0.2) is 0 Å². The van der Waals surface area contributed by atoms with Crippen molar-refractivity contribution in [2.24, 2.45) is 0 Å². The van der Waals surface area contributed by atoms with Gasteiger partial charge in [-0.05, 0) is 19.3 Å². The van der Waals surface area contributed by atoms with Gasteiger partial charge in [-0.2, -0.15) is 0 Å². The first-order valence-corrected chi connectivity index (χ1v) is 5.94. The first kappa shape index (κ1) is 10.8. The summed E-state index contributed by atoms with van der Waals surface area (Å²) in [6, 6.07) is 0.358. The summed E-state index contributed by atoms with van der Waals surface area (Å²) in [5.41, 5.74) is 0. The van der Waals surface area contributed by atoms with Crippen LogP contribution in [0.15, 0.2) is 0 Å². The summed E-state index contributed by atoms with van der Waals surface area (Å²) in [7, 11) is 0. The van der Waals surface area contributed by atoms with Crippen molar-refractivity contribution in [2.75, 3.05) is 11.9 Å². The van der Waals surface area contributed by atoms with Crippen LogP contribution in [0, 0.1) is 0 Å². The van der Waals surface area contributed by atoms with E-state index in [9.17, 15) is 4.79 Å². The van der Waals surface area contributed by atoms with Crippen LogP contribution in [0.1, 0.15) is 32.1 Å². The maximum absolute atomic E-state index is 11.1.